The fourth-order valence-electron chi connectivity index (χ4n) is 2.05. The molecule has 0 aliphatic heterocycles. The zero-order valence-electron chi connectivity index (χ0n) is 13.3. The van der Waals surface area contributed by atoms with E-state index >= 15 is 0 Å². The Kier molecular flexibility index (Phi) is 4.99. The Morgan fingerprint density at radius 2 is 1.86 bits per heavy atom. The van der Waals surface area contributed by atoms with Crippen molar-refractivity contribution in [3.05, 3.63) is 53.7 Å². The van der Waals surface area contributed by atoms with E-state index in [1.165, 1.54) is 0 Å². The maximum atomic E-state index is 12.3. The minimum atomic E-state index is -0.188. The number of hydrogen-bond acceptors (Lipinski definition) is 4. The van der Waals surface area contributed by atoms with Gasteiger partial charge in [-0.15, -0.1) is 0 Å². The number of hydrogen-bond donors (Lipinski definition) is 1. The molecule has 2 rings (SSSR count). The topological polar surface area (TPSA) is 54.5 Å². The van der Waals surface area contributed by atoms with Gasteiger partial charge in [-0.2, -0.15) is 0 Å². The molecular formula is C17H21N3O2. The van der Waals surface area contributed by atoms with E-state index in [1.54, 1.807) is 13.2 Å². The molecule has 2 aromatic rings. The summed E-state index contributed by atoms with van der Waals surface area (Å²) in [6.45, 7) is 1.94. The Morgan fingerprint density at radius 3 is 2.45 bits per heavy atom. The Bertz CT molecular complexity index is 639. The predicted molar refractivity (Wildman–Crippen MR) is 87.4 cm³/mol. The lowest BCUT2D eigenvalue weighted by Gasteiger charge is -2.16. The number of ether oxygens (including phenoxy) is 1. The number of rotatable bonds is 5. The molecule has 1 heterocycles. The molecule has 1 unspecified atom stereocenters. The van der Waals surface area contributed by atoms with Crippen LogP contribution in [0.25, 0.3) is 0 Å². The summed E-state index contributed by atoms with van der Waals surface area (Å²) >= 11 is 0. The molecule has 0 aliphatic carbocycles. The minimum absolute atomic E-state index is 0.108. The van der Waals surface area contributed by atoms with Crippen LogP contribution in [0.3, 0.4) is 0 Å². The molecule has 1 aromatic carbocycles. The third-order valence-electron chi connectivity index (χ3n) is 3.39. The molecule has 0 saturated heterocycles. The molecule has 1 N–H and O–H groups in total. The maximum absolute atomic E-state index is 12.3. The number of anilines is 1. The number of nitrogens with zero attached hydrogens (tertiary/aromatic N) is 2. The molecule has 1 aromatic heterocycles. The van der Waals surface area contributed by atoms with Crippen molar-refractivity contribution < 1.29 is 9.53 Å². The van der Waals surface area contributed by atoms with E-state index in [0.29, 0.717) is 5.69 Å². The lowest BCUT2D eigenvalue weighted by molar-refractivity contribution is 0.0935. The van der Waals surface area contributed by atoms with Crippen LogP contribution in [-0.4, -0.2) is 32.1 Å². The molecule has 1 atom stereocenters. The van der Waals surface area contributed by atoms with Crippen molar-refractivity contribution in [3.63, 3.8) is 0 Å². The number of carbonyl (C=O) groups excluding carboxylic acids is 1. The van der Waals surface area contributed by atoms with Crippen LogP contribution in [0.15, 0.2) is 42.5 Å². The van der Waals surface area contributed by atoms with E-state index in [2.05, 4.69) is 10.3 Å². The highest BCUT2D eigenvalue weighted by Gasteiger charge is 2.13. The van der Waals surface area contributed by atoms with Gasteiger partial charge in [-0.05, 0) is 36.8 Å². The van der Waals surface area contributed by atoms with Crippen LogP contribution in [0.1, 0.15) is 29.0 Å². The number of amides is 1. The van der Waals surface area contributed by atoms with Crippen molar-refractivity contribution in [2.24, 2.45) is 0 Å². The number of benzene rings is 1. The first-order valence-electron chi connectivity index (χ1n) is 7.10. The molecule has 116 valence electrons. The van der Waals surface area contributed by atoms with Gasteiger partial charge in [0.2, 0.25) is 0 Å². The van der Waals surface area contributed by atoms with Gasteiger partial charge in [-0.3, -0.25) is 4.79 Å². The number of carbonyl (C=O) groups is 1. The highest BCUT2D eigenvalue weighted by atomic mass is 16.5. The maximum Gasteiger partial charge on any atom is 0.270 e. The molecule has 0 saturated carbocycles. The van der Waals surface area contributed by atoms with Gasteiger partial charge in [-0.1, -0.05) is 18.2 Å². The quantitative estimate of drug-likeness (QED) is 0.922. The molecule has 0 fully saturated rings. The molecule has 0 spiro atoms. The summed E-state index contributed by atoms with van der Waals surface area (Å²) in [5.41, 5.74) is 1.42. The lowest BCUT2D eigenvalue weighted by Crippen LogP contribution is -2.27. The van der Waals surface area contributed by atoms with Gasteiger partial charge in [0.25, 0.3) is 5.91 Å². The van der Waals surface area contributed by atoms with E-state index in [1.807, 2.05) is 62.3 Å². The molecule has 0 bridgehead atoms. The average molecular weight is 299 g/mol. The molecule has 5 heteroatoms. The third kappa shape index (κ3) is 3.75. The van der Waals surface area contributed by atoms with Crippen molar-refractivity contribution in [2.75, 3.05) is 26.1 Å². The standard InChI is InChI=1S/C17H21N3O2/c1-12(13-8-10-14(22-4)11-9-13)18-17(21)15-6-5-7-16(19-15)20(2)3/h5-12H,1-4H3,(H,18,21). The second-order valence-corrected chi connectivity index (χ2v) is 5.24. The Hall–Kier alpha value is -2.56. The summed E-state index contributed by atoms with van der Waals surface area (Å²) in [5, 5.41) is 2.96. The number of aromatic nitrogens is 1. The van der Waals surface area contributed by atoms with Crippen LogP contribution in [-0.2, 0) is 0 Å². The average Bonchev–Trinajstić information content (AvgIpc) is 2.54. The van der Waals surface area contributed by atoms with Crippen LogP contribution in [0, 0.1) is 0 Å². The number of nitrogens with one attached hydrogen (secondary N) is 1. The SMILES string of the molecule is COc1ccc(C(C)NC(=O)c2cccc(N(C)C)n2)cc1. The van der Waals surface area contributed by atoms with Crippen LogP contribution >= 0.6 is 0 Å². The molecule has 5 nitrogen and oxygen atoms in total. The molecule has 0 aliphatic rings. The first-order valence-corrected chi connectivity index (χ1v) is 7.10. The van der Waals surface area contributed by atoms with E-state index in [-0.39, 0.29) is 11.9 Å². The highest BCUT2D eigenvalue weighted by molar-refractivity contribution is 5.92. The van der Waals surface area contributed by atoms with Crippen molar-refractivity contribution in [3.8, 4) is 5.75 Å². The first kappa shape index (κ1) is 15.8. The zero-order chi connectivity index (χ0) is 16.1. The van der Waals surface area contributed by atoms with Crippen molar-refractivity contribution in [1.82, 2.24) is 10.3 Å². The van der Waals surface area contributed by atoms with Crippen LogP contribution in [0.4, 0.5) is 5.82 Å². The van der Waals surface area contributed by atoms with Crippen molar-refractivity contribution in [2.45, 2.75) is 13.0 Å². The Labute approximate surface area is 130 Å². The smallest absolute Gasteiger partial charge is 0.270 e. The van der Waals surface area contributed by atoms with E-state index in [9.17, 15) is 4.79 Å². The van der Waals surface area contributed by atoms with Crippen LogP contribution in [0.5, 0.6) is 5.75 Å². The summed E-state index contributed by atoms with van der Waals surface area (Å²) in [5.74, 6) is 1.36. The summed E-state index contributed by atoms with van der Waals surface area (Å²) in [6.07, 6.45) is 0. The summed E-state index contributed by atoms with van der Waals surface area (Å²) in [4.78, 5) is 18.5. The Morgan fingerprint density at radius 1 is 1.18 bits per heavy atom. The monoisotopic (exact) mass is 299 g/mol. The first-order chi connectivity index (χ1) is 10.5. The predicted octanol–water partition coefficient (Wildman–Crippen LogP) is 2.65. The third-order valence-corrected chi connectivity index (χ3v) is 3.39. The van der Waals surface area contributed by atoms with E-state index < -0.39 is 0 Å². The second-order valence-electron chi connectivity index (χ2n) is 5.24. The van der Waals surface area contributed by atoms with Crippen LogP contribution in [0.2, 0.25) is 0 Å². The minimum Gasteiger partial charge on any atom is -0.497 e. The Balaban J connectivity index is 2.08. The van der Waals surface area contributed by atoms with E-state index in [4.69, 9.17) is 4.74 Å². The summed E-state index contributed by atoms with van der Waals surface area (Å²) < 4.78 is 5.13. The van der Waals surface area contributed by atoms with Gasteiger partial charge in [0.05, 0.1) is 13.2 Å². The van der Waals surface area contributed by atoms with Gasteiger partial charge in [-0.25, -0.2) is 4.98 Å². The largest absolute Gasteiger partial charge is 0.497 e. The zero-order valence-corrected chi connectivity index (χ0v) is 13.3. The van der Waals surface area contributed by atoms with Gasteiger partial charge in [0.1, 0.15) is 17.3 Å². The normalized spacial score (nSPS) is 11.6. The molecule has 1 amide bonds. The molecule has 22 heavy (non-hydrogen) atoms. The van der Waals surface area contributed by atoms with Gasteiger partial charge < -0.3 is 15.0 Å². The van der Waals surface area contributed by atoms with Crippen molar-refractivity contribution in [1.29, 1.82) is 0 Å². The van der Waals surface area contributed by atoms with Crippen LogP contribution < -0.4 is 15.0 Å². The fraction of sp³-hybridized carbons (Fsp3) is 0.294. The number of methoxy groups -OCH3 is 1. The summed E-state index contributed by atoms with van der Waals surface area (Å²) in [7, 11) is 5.41. The summed E-state index contributed by atoms with van der Waals surface area (Å²) in [6, 6.07) is 12.9. The van der Waals surface area contributed by atoms with Gasteiger partial charge in [0.15, 0.2) is 0 Å². The fourth-order valence-corrected chi connectivity index (χ4v) is 2.05. The highest BCUT2D eigenvalue weighted by Crippen LogP contribution is 2.18. The van der Waals surface area contributed by atoms with Crippen molar-refractivity contribution >= 4 is 11.7 Å². The van der Waals surface area contributed by atoms with E-state index in [0.717, 1.165) is 17.1 Å². The second kappa shape index (κ2) is 6.93. The number of pyridine rings is 1. The van der Waals surface area contributed by atoms with Gasteiger partial charge in [0, 0.05) is 14.1 Å². The molecule has 0 radical (unpaired) electrons. The lowest BCUT2D eigenvalue weighted by atomic mass is 10.1. The van der Waals surface area contributed by atoms with Gasteiger partial charge >= 0.3 is 0 Å². The molecular weight excluding hydrogens is 278 g/mol.